The molecule has 0 atom stereocenters. The second-order valence-electron chi connectivity index (χ2n) is 4.83. The number of thioether (sulfide) groups is 1. The van der Waals surface area contributed by atoms with E-state index in [-0.39, 0.29) is 0 Å². The van der Waals surface area contributed by atoms with Gasteiger partial charge < -0.3 is 9.88 Å². The van der Waals surface area contributed by atoms with Crippen LogP contribution in [0.2, 0.25) is 0 Å². The van der Waals surface area contributed by atoms with Gasteiger partial charge in [-0.05, 0) is 19.1 Å². The Morgan fingerprint density at radius 1 is 1.29 bits per heavy atom. The van der Waals surface area contributed by atoms with E-state index in [9.17, 15) is 0 Å². The maximum atomic E-state index is 4.74. The molecule has 0 fully saturated rings. The van der Waals surface area contributed by atoms with Crippen LogP contribution in [-0.2, 0) is 12.8 Å². The first-order chi connectivity index (χ1) is 10.3. The molecule has 0 aliphatic carbocycles. The predicted molar refractivity (Wildman–Crippen MR) is 88.7 cm³/mol. The average Bonchev–Trinajstić information content (AvgIpc) is 2.90. The fourth-order valence-corrected chi connectivity index (χ4v) is 3.13. The average molecular weight is 298 g/mol. The summed E-state index contributed by atoms with van der Waals surface area (Å²) in [7, 11) is 2.01. The summed E-state index contributed by atoms with van der Waals surface area (Å²) in [6.07, 6.45) is 3.79. The van der Waals surface area contributed by atoms with Gasteiger partial charge in [0.15, 0.2) is 5.16 Å². The molecule has 21 heavy (non-hydrogen) atoms. The molecule has 2 aromatic heterocycles. The lowest BCUT2D eigenvalue weighted by Gasteiger charge is -2.11. The molecule has 3 rings (SSSR count). The van der Waals surface area contributed by atoms with E-state index in [1.165, 1.54) is 10.9 Å². The van der Waals surface area contributed by atoms with Crippen LogP contribution in [0, 0.1) is 0 Å². The minimum absolute atomic E-state index is 0.852. The fourth-order valence-electron chi connectivity index (χ4n) is 2.22. The normalized spacial score (nSPS) is 11.0. The highest BCUT2D eigenvalue weighted by Gasteiger charge is 2.08. The van der Waals surface area contributed by atoms with Crippen molar-refractivity contribution in [2.75, 3.05) is 11.9 Å². The third-order valence-corrected chi connectivity index (χ3v) is 4.39. The monoisotopic (exact) mass is 298 g/mol. The summed E-state index contributed by atoms with van der Waals surface area (Å²) in [6.45, 7) is 2.96. The van der Waals surface area contributed by atoms with E-state index in [1.54, 1.807) is 11.8 Å². The highest BCUT2D eigenvalue weighted by Crippen LogP contribution is 2.27. The number of para-hydroxylation sites is 1. The van der Waals surface area contributed by atoms with Crippen molar-refractivity contribution in [3.05, 3.63) is 48.3 Å². The molecule has 3 aromatic rings. The molecule has 0 bridgehead atoms. The molecule has 5 heteroatoms. The quantitative estimate of drug-likeness (QED) is 0.729. The number of nitrogens with one attached hydrogen (secondary N) is 1. The van der Waals surface area contributed by atoms with Crippen LogP contribution >= 0.6 is 11.8 Å². The first-order valence-electron chi connectivity index (χ1n) is 7.00. The zero-order valence-corrected chi connectivity index (χ0v) is 13.0. The second kappa shape index (κ2) is 6.18. The van der Waals surface area contributed by atoms with E-state index >= 15 is 0 Å². The van der Waals surface area contributed by atoms with Gasteiger partial charge in [0.25, 0.3) is 0 Å². The third-order valence-electron chi connectivity index (χ3n) is 3.28. The predicted octanol–water partition coefficient (Wildman–Crippen LogP) is 3.69. The van der Waals surface area contributed by atoms with Gasteiger partial charge in [0.05, 0.1) is 5.52 Å². The zero-order chi connectivity index (χ0) is 14.7. The molecule has 0 amide bonds. The number of rotatable bonds is 5. The second-order valence-corrected chi connectivity index (χ2v) is 5.77. The van der Waals surface area contributed by atoms with E-state index in [0.29, 0.717) is 0 Å². The van der Waals surface area contributed by atoms with Gasteiger partial charge in [0.2, 0.25) is 0 Å². The van der Waals surface area contributed by atoms with E-state index in [4.69, 9.17) is 4.98 Å². The van der Waals surface area contributed by atoms with Gasteiger partial charge in [-0.2, -0.15) is 0 Å². The molecule has 2 heterocycles. The first-order valence-corrected chi connectivity index (χ1v) is 7.99. The molecule has 0 radical (unpaired) electrons. The van der Waals surface area contributed by atoms with Crippen LogP contribution in [0.1, 0.15) is 12.5 Å². The van der Waals surface area contributed by atoms with E-state index in [1.807, 2.05) is 42.2 Å². The van der Waals surface area contributed by atoms with Crippen molar-refractivity contribution in [3.8, 4) is 0 Å². The number of pyridine rings is 1. The number of fused-ring (bicyclic) bond motifs is 1. The highest BCUT2D eigenvalue weighted by atomic mass is 32.2. The number of hydrogen-bond acceptors (Lipinski definition) is 4. The van der Waals surface area contributed by atoms with E-state index < -0.39 is 0 Å². The Morgan fingerprint density at radius 2 is 2.14 bits per heavy atom. The van der Waals surface area contributed by atoms with Gasteiger partial charge in [0.1, 0.15) is 5.82 Å². The minimum Gasteiger partial charge on any atom is -0.370 e. The number of nitrogens with zero attached hydrogens (tertiary/aromatic N) is 3. The number of anilines is 1. The van der Waals surface area contributed by atoms with Crippen LogP contribution in [-0.4, -0.2) is 21.1 Å². The molecule has 0 saturated carbocycles. The number of hydrogen-bond donors (Lipinski definition) is 1. The molecule has 0 unspecified atom stereocenters. The van der Waals surface area contributed by atoms with Gasteiger partial charge in [-0.15, -0.1) is 0 Å². The summed E-state index contributed by atoms with van der Waals surface area (Å²) >= 11 is 1.73. The lowest BCUT2D eigenvalue weighted by Crippen LogP contribution is -2.03. The number of aryl methyl sites for hydroxylation is 1. The van der Waals surface area contributed by atoms with E-state index in [0.717, 1.165) is 28.8 Å². The molecule has 0 saturated heterocycles. The summed E-state index contributed by atoms with van der Waals surface area (Å²) < 4.78 is 2.03. The minimum atomic E-state index is 0.852. The molecule has 0 aliphatic rings. The summed E-state index contributed by atoms with van der Waals surface area (Å²) in [5.74, 6) is 1.82. The fraction of sp³-hybridized carbons (Fsp3) is 0.250. The van der Waals surface area contributed by atoms with Crippen molar-refractivity contribution >= 4 is 28.5 Å². The van der Waals surface area contributed by atoms with Crippen molar-refractivity contribution in [1.29, 1.82) is 0 Å². The molecule has 0 aliphatic heterocycles. The maximum absolute atomic E-state index is 4.74. The molecule has 0 spiro atoms. The van der Waals surface area contributed by atoms with Crippen LogP contribution in [0.15, 0.2) is 47.9 Å². The molecule has 108 valence electrons. The molecular formula is C16H18N4S. The smallest absolute Gasteiger partial charge is 0.167 e. The van der Waals surface area contributed by atoms with Gasteiger partial charge >= 0.3 is 0 Å². The SMILES string of the molecule is CCNc1nc2ccccc2cc1CSc1nccn1C. The number of imidazole rings is 1. The molecule has 1 aromatic carbocycles. The van der Waals surface area contributed by atoms with Gasteiger partial charge in [-0.3, -0.25) is 0 Å². The molecular weight excluding hydrogens is 280 g/mol. The van der Waals surface area contributed by atoms with Gasteiger partial charge in [0, 0.05) is 42.7 Å². The highest BCUT2D eigenvalue weighted by molar-refractivity contribution is 7.98. The lowest BCUT2D eigenvalue weighted by atomic mass is 10.1. The largest absolute Gasteiger partial charge is 0.370 e. The summed E-state index contributed by atoms with van der Waals surface area (Å²) in [5.41, 5.74) is 2.24. The van der Waals surface area contributed by atoms with Crippen molar-refractivity contribution in [2.24, 2.45) is 7.05 Å². The standard InChI is InChI=1S/C16H18N4S/c1-3-17-15-13(11-21-16-18-8-9-20(16)2)10-12-6-4-5-7-14(12)19-15/h4-10H,3,11H2,1-2H3,(H,17,19). The van der Waals surface area contributed by atoms with Crippen LogP contribution in [0.4, 0.5) is 5.82 Å². The summed E-state index contributed by atoms with van der Waals surface area (Å²) in [4.78, 5) is 9.09. The Kier molecular flexibility index (Phi) is 4.10. The van der Waals surface area contributed by atoms with Crippen molar-refractivity contribution in [1.82, 2.24) is 14.5 Å². The summed E-state index contributed by atoms with van der Waals surface area (Å²) in [6, 6.07) is 10.4. The Morgan fingerprint density at radius 3 is 2.90 bits per heavy atom. The van der Waals surface area contributed by atoms with Crippen molar-refractivity contribution in [2.45, 2.75) is 17.8 Å². The molecule has 4 nitrogen and oxygen atoms in total. The number of benzene rings is 1. The maximum Gasteiger partial charge on any atom is 0.167 e. The van der Waals surface area contributed by atoms with Crippen LogP contribution in [0.5, 0.6) is 0 Å². The van der Waals surface area contributed by atoms with Crippen LogP contribution in [0.25, 0.3) is 10.9 Å². The van der Waals surface area contributed by atoms with Gasteiger partial charge in [-0.25, -0.2) is 9.97 Å². The Balaban J connectivity index is 1.91. The first kappa shape index (κ1) is 13.9. The Labute approximate surface area is 128 Å². The van der Waals surface area contributed by atoms with Crippen LogP contribution in [0.3, 0.4) is 0 Å². The van der Waals surface area contributed by atoms with Crippen molar-refractivity contribution < 1.29 is 0 Å². The Bertz CT molecular complexity index is 751. The zero-order valence-electron chi connectivity index (χ0n) is 12.2. The van der Waals surface area contributed by atoms with E-state index in [2.05, 4.69) is 29.4 Å². The lowest BCUT2D eigenvalue weighted by molar-refractivity contribution is 0.790. The summed E-state index contributed by atoms with van der Waals surface area (Å²) in [5, 5.41) is 5.56. The van der Waals surface area contributed by atoms with Crippen LogP contribution < -0.4 is 5.32 Å². The van der Waals surface area contributed by atoms with Crippen molar-refractivity contribution in [3.63, 3.8) is 0 Å². The van der Waals surface area contributed by atoms with Gasteiger partial charge in [-0.1, -0.05) is 30.0 Å². The third kappa shape index (κ3) is 3.03. The topological polar surface area (TPSA) is 42.7 Å². The Hall–Kier alpha value is -2.01. The number of aromatic nitrogens is 3. The molecule has 1 N–H and O–H groups in total.